The molecule has 0 fully saturated rings. The Labute approximate surface area is 133 Å². The van der Waals surface area contributed by atoms with Crippen molar-refractivity contribution in [1.82, 2.24) is 0 Å². The van der Waals surface area contributed by atoms with Crippen molar-refractivity contribution in [2.24, 2.45) is 5.16 Å². The first-order valence-corrected chi connectivity index (χ1v) is 7.84. The Morgan fingerprint density at radius 3 is 2.73 bits per heavy atom. The van der Waals surface area contributed by atoms with Gasteiger partial charge in [0, 0.05) is 21.4 Å². The van der Waals surface area contributed by atoms with Gasteiger partial charge in [-0.3, -0.25) is 0 Å². The summed E-state index contributed by atoms with van der Waals surface area (Å²) in [6.07, 6.45) is 1.58. The minimum atomic E-state index is 0.0897. The number of rotatable bonds is 2. The fraction of sp³-hybridized carbons (Fsp3) is 0.235. The van der Waals surface area contributed by atoms with E-state index >= 15 is 0 Å². The topological polar surface area (TPSA) is 62.0 Å². The summed E-state index contributed by atoms with van der Waals surface area (Å²) < 4.78 is 0. The molecule has 4 nitrogen and oxygen atoms in total. The van der Waals surface area contributed by atoms with Crippen LogP contribution in [0, 0.1) is 0 Å². The van der Waals surface area contributed by atoms with Crippen LogP contribution in [0.1, 0.15) is 23.6 Å². The molecule has 0 aliphatic carbocycles. The third kappa shape index (κ3) is 2.76. The molecule has 0 amide bonds. The van der Waals surface area contributed by atoms with Crippen LogP contribution in [-0.4, -0.2) is 23.0 Å². The second-order valence-corrected chi connectivity index (χ2v) is 6.31. The van der Waals surface area contributed by atoms with Crippen LogP contribution in [0.3, 0.4) is 0 Å². The van der Waals surface area contributed by atoms with E-state index in [1.807, 2.05) is 13.0 Å². The maximum absolute atomic E-state index is 10.0. The minimum absolute atomic E-state index is 0.0897. The third-order valence-electron chi connectivity index (χ3n) is 3.74. The Morgan fingerprint density at radius 2 is 1.95 bits per heavy atom. The number of hydrogen-bond donors (Lipinski definition) is 2. The first-order chi connectivity index (χ1) is 10.6. The Balaban J connectivity index is 2.01. The molecule has 5 heteroatoms. The summed E-state index contributed by atoms with van der Waals surface area (Å²) in [6, 6.07) is 9.29. The van der Waals surface area contributed by atoms with Gasteiger partial charge in [0.15, 0.2) is 0 Å². The predicted octanol–water partition coefficient (Wildman–Crippen LogP) is 3.72. The van der Waals surface area contributed by atoms with Crippen molar-refractivity contribution >= 4 is 17.5 Å². The van der Waals surface area contributed by atoms with Crippen molar-refractivity contribution in [3.63, 3.8) is 0 Å². The fourth-order valence-electron chi connectivity index (χ4n) is 2.63. The lowest BCUT2D eigenvalue weighted by molar-refractivity contribution is 0.213. The molecule has 0 radical (unpaired) electrons. The number of benzene rings is 2. The highest BCUT2D eigenvalue weighted by Crippen LogP contribution is 2.42. The first kappa shape index (κ1) is 14.8. The van der Waals surface area contributed by atoms with E-state index in [4.69, 9.17) is 4.84 Å². The van der Waals surface area contributed by atoms with Crippen LogP contribution in [0.25, 0.3) is 0 Å². The van der Waals surface area contributed by atoms with Gasteiger partial charge in [0.25, 0.3) is 0 Å². The monoisotopic (exact) mass is 315 g/mol. The molecule has 0 aromatic heterocycles. The lowest BCUT2D eigenvalue weighted by Crippen LogP contribution is -1.98. The molecule has 1 aliphatic rings. The van der Waals surface area contributed by atoms with Crippen molar-refractivity contribution in [1.29, 1.82) is 0 Å². The first-order valence-electron chi connectivity index (χ1n) is 7.02. The average molecular weight is 315 g/mol. The summed E-state index contributed by atoms with van der Waals surface area (Å²) in [5.41, 5.74) is 3.96. The molecule has 3 rings (SSSR count). The van der Waals surface area contributed by atoms with Crippen LogP contribution in [-0.2, 0) is 17.7 Å². The van der Waals surface area contributed by atoms with Crippen molar-refractivity contribution in [3.05, 3.63) is 47.0 Å². The number of phenols is 2. The number of oxime groups is 1. The van der Waals surface area contributed by atoms with Gasteiger partial charge in [-0.05, 0) is 49.1 Å². The van der Waals surface area contributed by atoms with Gasteiger partial charge in [-0.15, -0.1) is 0 Å². The van der Waals surface area contributed by atoms with Crippen LogP contribution in [0.5, 0.6) is 11.5 Å². The van der Waals surface area contributed by atoms with Gasteiger partial charge in [-0.25, -0.2) is 0 Å². The van der Waals surface area contributed by atoms with E-state index in [1.165, 1.54) is 18.7 Å². The number of aromatic hydroxyl groups is 2. The van der Waals surface area contributed by atoms with Crippen molar-refractivity contribution in [2.45, 2.75) is 29.6 Å². The summed E-state index contributed by atoms with van der Waals surface area (Å²) >= 11 is 1.57. The number of phenolic OH excluding ortho intramolecular Hbond substituents is 2. The summed E-state index contributed by atoms with van der Waals surface area (Å²) in [5.74, 6) is 0.250. The van der Waals surface area contributed by atoms with Crippen LogP contribution in [0.15, 0.2) is 45.3 Å². The summed E-state index contributed by atoms with van der Waals surface area (Å²) in [6.45, 7) is 1.91. The highest BCUT2D eigenvalue weighted by molar-refractivity contribution is 7.99. The van der Waals surface area contributed by atoms with Crippen LogP contribution >= 0.6 is 11.8 Å². The SMILES string of the molecule is CO/N=C(\C)c1ccc2c(c1)CCc1c(O)cc(O)cc1S2. The highest BCUT2D eigenvalue weighted by atomic mass is 32.2. The average Bonchev–Trinajstić information content (AvgIpc) is 2.65. The number of fused-ring (bicyclic) bond motifs is 2. The molecule has 2 aromatic rings. The van der Waals surface area contributed by atoms with Gasteiger partial charge in [0.1, 0.15) is 18.6 Å². The molecule has 0 atom stereocenters. The van der Waals surface area contributed by atoms with E-state index in [2.05, 4.69) is 17.3 Å². The summed E-state index contributed by atoms with van der Waals surface area (Å²) in [4.78, 5) is 6.87. The Kier molecular flexibility index (Phi) is 3.98. The Bertz CT molecular complexity index is 756. The minimum Gasteiger partial charge on any atom is -0.508 e. The molecule has 22 heavy (non-hydrogen) atoms. The second-order valence-electron chi connectivity index (χ2n) is 5.23. The lowest BCUT2D eigenvalue weighted by atomic mass is 10.0. The molecule has 0 bridgehead atoms. The Morgan fingerprint density at radius 1 is 1.14 bits per heavy atom. The molecule has 114 valence electrons. The van der Waals surface area contributed by atoms with E-state index in [1.54, 1.807) is 17.8 Å². The van der Waals surface area contributed by atoms with E-state index in [0.29, 0.717) is 0 Å². The van der Waals surface area contributed by atoms with Crippen LogP contribution in [0.2, 0.25) is 0 Å². The normalized spacial score (nSPS) is 14.0. The van der Waals surface area contributed by atoms with E-state index < -0.39 is 0 Å². The highest BCUT2D eigenvalue weighted by Gasteiger charge is 2.18. The third-order valence-corrected chi connectivity index (χ3v) is 4.94. The molecule has 1 aliphatic heterocycles. The molecule has 0 saturated carbocycles. The summed E-state index contributed by atoms with van der Waals surface area (Å²) in [5, 5.41) is 23.7. The molecule has 0 spiro atoms. The zero-order valence-electron chi connectivity index (χ0n) is 12.5. The number of aryl methyl sites for hydroxylation is 1. The maximum atomic E-state index is 10.0. The van der Waals surface area contributed by atoms with E-state index in [9.17, 15) is 10.2 Å². The van der Waals surface area contributed by atoms with Crippen molar-refractivity contribution in [2.75, 3.05) is 7.11 Å². The second kappa shape index (κ2) is 5.93. The zero-order valence-corrected chi connectivity index (χ0v) is 13.3. The predicted molar refractivity (Wildman–Crippen MR) is 87.0 cm³/mol. The Hall–Kier alpha value is -2.14. The maximum Gasteiger partial charge on any atom is 0.123 e. The molecule has 0 saturated heterocycles. The number of nitrogens with zero attached hydrogens (tertiary/aromatic N) is 1. The smallest absolute Gasteiger partial charge is 0.123 e. The summed E-state index contributed by atoms with van der Waals surface area (Å²) in [7, 11) is 1.54. The van der Waals surface area contributed by atoms with Gasteiger partial charge >= 0.3 is 0 Å². The molecule has 1 heterocycles. The van der Waals surface area contributed by atoms with E-state index in [-0.39, 0.29) is 11.5 Å². The molecular formula is C17H17NO3S. The van der Waals surface area contributed by atoms with Gasteiger partial charge in [0.2, 0.25) is 0 Å². The van der Waals surface area contributed by atoms with Crippen molar-refractivity contribution in [3.8, 4) is 11.5 Å². The fourth-order valence-corrected chi connectivity index (χ4v) is 3.80. The standard InChI is InChI=1S/C17H17NO3S/c1-10(18-21-2)11-4-6-16-12(7-11)3-5-14-15(20)8-13(19)9-17(14)22-16/h4,6-9,19-20H,3,5H2,1-2H3/b18-10+. The van der Waals surface area contributed by atoms with Gasteiger partial charge in [-0.1, -0.05) is 23.0 Å². The van der Waals surface area contributed by atoms with Crippen molar-refractivity contribution < 1.29 is 15.1 Å². The van der Waals surface area contributed by atoms with Gasteiger partial charge in [0.05, 0.1) is 5.71 Å². The van der Waals surface area contributed by atoms with Crippen LogP contribution < -0.4 is 0 Å². The quantitative estimate of drug-likeness (QED) is 0.655. The largest absolute Gasteiger partial charge is 0.508 e. The molecular weight excluding hydrogens is 298 g/mol. The molecule has 0 unspecified atom stereocenters. The molecule has 2 N–H and O–H groups in total. The lowest BCUT2D eigenvalue weighted by Gasteiger charge is -2.09. The van der Waals surface area contributed by atoms with Crippen LogP contribution in [0.4, 0.5) is 0 Å². The number of hydrogen-bond acceptors (Lipinski definition) is 5. The zero-order chi connectivity index (χ0) is 15.7. The van der Waals surface area contributed by atoms with Gasteiger partial charge < -0.3 is 15.1 Å². The van der Waals surface area contributed by atoms with Gasteiger partial charge in [-0.2, -0.15) is 0 Å². The molecule has 2 aromatic carbocycles. The van der Waals surface area contributed by atoms with E-state index in [0.717, 1.165) is 39.5 Å².